The Morgan fingerprint density at radius 2 is 1.53 bits per heavy atom. The molecule has 268 valence electrons. The molecule has 0 radical (unpaired) electrons. The van der Waals surface area contributed by atoms with Crippen LogP contribution in [-0.2, 0) is 36.8 Å². The van der Waals surface area contributed by atoms with Crippen molar-refractivity contribution in [1.82, 2.24) is 26.2 Å². The number of phenols is 2. The van der Waals surface area contributed by atoms with Crippen molar-refractivity contribution >= 4 is 29.5 Å². The average molecular weight is 684 g/mol. The standard InChI is InChI=1S/C33H49N9O7/c1-42(18-29(45)38-12-3-4-23(36)30(46)39-13-11-35)33(49)26-17-22-15-20(7-9-28(22)44)19-6-8-27(43)21(14-19)16-24(37)31(47)40-25(5-2-10-34)32(48)41-26/h6-9,14-15,23-26,43-44H,2-5,10-13,16-18,34-37H2,1H3,(H,38,45)(H,39,46)(H,40,47)(H,41,48)/t23-,24?,25-,26?/m0/s1. The van der Waals surface area contributed by atoms with Crippen LogP contribution in [0.1, 0.15) is 36.8 Å². The molecule has 16 nitrogen and oxygen atoms in total. The summed E-state index contributed by atoms with van der Waals surface area (Å²) in [7, 11) is 1.40. The molecule has 5 amide bonds. The number of rotatable bonds is 13. The molecule has 0 saturated heterocycles. The maximum absolute atomic E-state index is 13.8. The summed E-state index contributed by atoms with van der Waals surface area (Å²) in [5.74, 6) is -2.92. The van der Waals surface area contributed by atoms with Gasteiger partial charge in [0.1, 0.15) is 23.6 Å². The number of hydrogen-bond donors (Lipinski definition) is 10. The van der Waals surface area contributed by atoms with Crippen molar-refractivity contribution in [1.29, 1.82) is 0 Å². The number of nitrogens with zero attached hydrogens (tertiary/aromatic N) is 1. The number of benzene rings is 2. The fourth-order valence-electron chi connectivity index (χ4n) is 5.37. The normalized spacial score (nSPS) is 18.6. The highest BCUT2D eigenvalue weighted by Crippen LogP contribution is 2.31. The molecule has 0 saturated carbocycles. The third kappa shape index (κ3) is 11.4. The van der Waals surface area contributed by atoms with Crippen molar-refractivity contribution in [3.63, 3.8) is 0 Å². The molecule has 49 heavy (non-hydrogen) atoms. The summed E-state index contributed by atoms with van der Waals surface area (Å²) in [5.41, 5.74) is 25.2. The lowest BCUT2D eigenvalue weighted by Crippen LogP contribution is -2.57. The largest absolute Gasteiger partial charge is 0.508 e. The summed E-state index contributed by atoms with van der Waals surface area (Å²) >= 11 is 0. The van der Waals surface area contributed by atoms with Crippen molar-refractivity contribution in [2.24, 2.45) is 22.9 Å². The lowest BCUT2D eigenvalue weighted by atomic mass is 9.95. The van der Waals surface area contributed by atoms with Crippen LogP contribution in [0.4, 0.5) is 0 Å². The molecule has 1 heterocycles. The zero-order chi connectivity index (χ0) is 36.1. The van der Waals surface area contributed by atoms with Gasteiger partial charge in [0.2, 0.25) is 29.5 Å². The molecule has 4 bridgehead atoms. The van der Waals surface area contributed by atoms with Crippen LogP contribution < -0.4 is 44.2 Å². The monoisotopic (exact) mass is 683 g/mol. The Bertz CT molecular complexity index is 1490. The number of carbonyl (C=O) groups excluding carboxylic acids is 5. The van der Waals surface area contributed by atoms with Crippen LogP contribution >= 0.6 is 0 Å². The molecule has 3 rings (SSSR count). The number of aromatic hydroxyl groups is 2. The molecule has 16 heteroatoms. The summed E-state index contributed by atoms with van der Waals surface area (Å²) in [6.07, 6.45) is 1.09. The van der Waals surface area contributed by atoms with Crippen LogP contribution in [0, 0.1) is 0 Å². The Hall–Kier alpha value is -4.77. The highest BCUT2D eigenvalue weighted by atomic mass is 16.3. The number of nitrogens with one attached hydrogen (secondary N) is 4. The SMILES string of the molecule is CN(CC(=O)NCCC[C@H](N)C(=O)NCCN)C(=O)C1Cc2cc(ccc2O)-c2ccc(O)c(c2)CC(N)C(=O)N[C@@H](CCCN)C(=O)N1. The van der Waals surface area contributed by atoms with Gasteiger partial charge in [-0.2, -0.15) is 0 Å². The molecule has 0 fully saturated rings. The first-order valence-electron chi connectivity index (χ1n) is 16.3. The lowest BCUT2D eigenvalue weighted by molar-refractivity contribution is -0.139. The minimum atomic E-state index is -1.25. The van der Waals surface area contributed by atoms with E-state index in [0.29, 0.717) is 54.6 Å². The molecule has 0 aromatic heterocycles. The number of phenolic OH excluding ortho intramolecular Hbond substituents is 2. The molecule has 14 N–H and O–H groups in total. The van der Waals surface area contributed by atoms with Crippen molar-refractivity contribution in [2.45, 2.75) is 62.7 Å². The van der Waals surface area contributed by atoms with Gasteiger partial charge in [0, 0.05) is 39.5 Å². The van der Waals surface area contributed by atoms with E-state index in [9.17, 15) is 34.2 Å². The van der Waals surface area contributed by atoms with Gasteiger partial charge >= 0.3 is 0 Å². The Morgan fingerprint density at radius 1 is 0.898 bits per heavy atom. The second-order valence-electron chi connectivity index (χ2n) is 12.1. The summed E-state index contributed by atoms with van der Waals surface area (Å²) in [6.45, 7) is 0.703. The van der Waals surface area contributed by atoms with Gasteiger partial charge in [0.05, 0.1) is 18.6 Å². The molecule has 2 aromatic carbocycles. The maximum atomic E-state index is 13.8. The van der Waals surface area contributed by atoms with Crippen LogP contribution in [0.15, 0.2) is 36.4 Å². The molecule has 0 spiro atoms. The predicted molar refractivity (Wildman–Crippen MR) is 183 cm³/mol. The first-order chi connectivity index (χ1) is 23.3. The Balaban J connectivity index is 1.83. The first-order valence-corrected chi connectivity index (χ1v) is 16.3. The number of carbonyl (C=O) groups is 5. The quantitative estimate of drug-likeness (QED) is 0.0998. The van der Waals surface area contributed by atoms with E-state index in [1.54, 1.807) is 24.3 Å². The summed E-state index contributed by atoms with van der Waals surface area (Å²) in [5, 5.41) is 31.9. The molecule has 4 atom stereocenters. The maximum Gasteiger partial charge on any atom is 0.245 e. The molecule has 0 aliphatic carbocycles. The molecule has 1 aliphatic heterocycles. The Morgan fingerprint density at radius 3 is 2.14 bits per heavy atom. The summed E-state index contributed by atoms with van der Waals surface area (Å²) in [4.78, 5) is 66.3. The van der Waals surface area contributed by atoms with Gasteiger partial charge in [-0.05, 0) is 78.7 Å². The molecule has 2 aromatic rings. The predicted octanol–water partition coefficient (Wildman–Crippen LogP) is -2.34. The van der Waals surface area contributed by atoms with E-state index in [4.69, 9.17) is 22.9 Å². The van der Waals surface area contributed by atoms with E-state index >= 15 is 0 Å². The van der Waals surface area contributed by atoms with Gasteiger partial charge in [-0.15, -0.1) is 0 Å². The lowest BCUT2D eigenvalue weighted by Gasteiger charge is -2.27. The number of hydrogen-bond acceptors (Lipinski definition) is 11. The fourth-order valence-corrected chi connectivity index (χ4v) is 5.37. The zero-order valence-corrected chi connectivity index (χ0v) is 27.7. The summed E-state index contributed by atoms with van der Waals surface area (Å²) < 4.78 is 0. The number of likely N-dealkylation sites (N-methyl/N-ethyl adjacent to an activating group) is 1. The molecular weight excluding hydrogens is 634 g/mol. The van der Waals surface area contributed by atoms with Crippen molar-refractivity contribution in [3.8, 4) is 22.6 Å². The minimum absolute atomic E-state index is 0.0213. The highest BCUT2D eigenvalue weighted by Gasteiger charge is 2.31. The van der Waals surface area contributed by atoms with Crippen molar-refractivity contribution in [2.75, 3.05) is 39.8 Å². The second kappa shape index (κ2) is 18.7. The van der Waals surface area contributed by atoms with E-state index in [0.717, 1.165) is 4.90 Å². The topological polar surface area (TPSA) is 281 Å². The second-order valence-corrected chi connectivity index (χ2v) is 12.1. The van der Waals surface area contributed by atoms with Gasteiger partial charge in [-0.25, -0.2) is 0 Å². The van der Waals surface area contributed by atoms with Crippen LogP contribution in [0.25, 0.3) is 11.1 Å². The van der Waals surface area contributed by atoms with Crippen LogP contribution in [0.3, 0.4) is 0 Å². The zero-order valence-electron chi connectivity index (χ0n) is 27.7. The Labute approximate surface area is 285 Å². The van der Waals surface area contributed by atoms with Crippen molar-refractivity contribution < 1.29 is 34.2 Å². The van der Waals surface area contributed by atoms with Gasteiger partial charge in [0.15, 0.2) is 0 Å². The highest BCUT2D eigenvalue weighted by molar-refractivity contribution is 5.94. The van der Waals surface area contributed by atoms with Gasteiger partial charge in [0.25, 0.3) is 0 Å². The van der Waals surface area contributed by atoms with E-state index < -0.39 is 47.8 Å². The fraction of sp³-hybridized carbons (Fsp3) is 0.485. The number of fused-ring (bicyclic) bond motifs is 5. The average Bonchev–Trinajstić information content (AvgIpc) is 3.07. The smallest absolute Gasteiger partial charge is 0.245 e. The third-order valence-corrected chi connectivity index (χ3v) is 8.19. The van der Waals surface area contributed by atoms with Crippen LogP contribution in [0.2, 0.25) is 0 Å². The Kier molecular flexibility index (Phi) is 14.8. The molecular formula is C33H49N9O7. The molecule has 2 unspecified atom stereocenters. The van der Waals surface area contributed by atoms with E-state index in [1.807, 2.05) is 0 Å². The molecule has 1 aliphatic rings. The van der Waals surface area contributed by atoms with Gasteiger partial charge < -0.3 is 59.3 Å². The van der Waals surface area contributed by atoms with E-state index in [1.165, 1.54) is 19.2 Å². The van der Waals surface area contributed by atoms with Crippen molar-refractivity contribution in [3.05, 3.63) is 47.5 Å². The van der Waals surface area contributed by atoms with Gasteiger partial charge in [-0.3, -0.25) is 24.0 Å². The first kappa shape index (κ1) is 38.7. The van der Waals surface area contributed by atoms with Crippen LogP contribution in [-0.4, -0.2) is 109 Å². The van der Waals surface area contributed by atoms with E-state index in [-0.39, 0.29) is 56.3 Å². The number of nitrogens with two attached hydrogens (primary N) is 4. The van der Waals surface area contributed by atoms with Gasteiger partial charge in [-0.1, -0.05) is 12.1 Å². The summed E-state index contributed by atoms with van der Waals surface area (Å²) in [6, 6.07) is 5.42. The minimum Gasteiger partial charge on any atom is -0.508 e. The van der Waals surface area contributed by atoms with Crippen LogP contribution in [0.5, 0.6) is 11.5 Å². The van der Waals surface area contributed by atoms with E-state index in [2.05, 4.69) is 21.3 Å². The number of amides is 5. The third-order valence-electron chi connectivity index (χ3n) is 8.19.